The van der Waals surface area contributed by atoms with Crippen LogP contribution in [0.4, 0.5) is 5.69 Å². The monoisotopic (exact) mass is 529 g/mol. The van der Waals surface area contributed by atoms with Gasteiger partial charge >= 0.3 is 0 Å². The molecule has 0 unspecified atom stereocenters. The maximum absolute atomic E-state index is 6.20. The first-order valence-electron chi connectivity index (χ1n) is 5.29. The first kappa shape index (κ1) is 15.8. The van der Waals surface area contributed by atoms with Gasteiger partial charge in [-0.2, -0.15) is 0 Å². The van der Waals surface area contributed by atoms with Crippen LogP contribution in [0.1, 0.15) is 5.56 Å². The summed E-state index contributed by atoms with van der Waals surface area (Å²) in [6.45, 7) is 0.658. The van der Waals surface area contributed by atoms with Crippen molar-refractivity contribution in [1.29, 1.82) is 0 Å². The van der Waals surface area contributed by atoms with Crippen molar-refractivity contribution in [2.24, 2.45) is 0 Å². The smallest absolute Gasteiger partial charge is 0.0632 e. The van der Waals surface area contributed by atoms with E-state index < -0.39 is 0 Å². The van der Waals surface area contributed by atoms with E-state index in [0.717, 1.165) is 34.2 Å². The molecule has 0 fully saturated rings. The van der Waals surface area contributed by atoms with E-state index in [2.05, 4.69) is 69.0 Å². The highest BCUT2D eigenvalue weighted by Crippen LogP contribution is 2.35. The van der Waals surface area contributed by atoms with Gasteiger partial charge in [0.15, 0.2) is 0 Å². The van der Waals surface area contributed by atoms with Crippen LogP contribution in [0, 0.1) is 0 Å². The van der Waals surface area contributed by atoms with Crippen LogP contribution in [-0.4, -0.2) is 0 Å². The molecule has 0 aliphatic carbocycles. The summed E-state index contributed by atoms with van der Waals surface area (Å²) in [7, 11) is 0. The van der Waals surface area contributed by atoms with E-state index >= 15 is 0 Å². The first-order chi connectivity index (χ1) is 8.97. The van der Waals surface area contributed by atoms with Crippen LogP contribution in [-0.2, 0) is 6.54 Å². The summed E-state index contributed by atoms with van der Waals surface area (Å²) in [6.07, 6.45) is 0. The Bertz CT molecular complexity index is 593. The van der Waals surface area contributed by atoms with Gasteiger partial charge in [0.25, 0.3) is 0 Å². The molecule has 0 heterocycles. The second-order valence-corrected chi connectivity index (χ2v) is 7.78. The fourth-order valence-electron chi connectivity index (χ4n) is 1.56. The highest BCUT2D eigenvalue weighted by atomic mass is 79.9. The van der Waals surface area contributed by atoms with Gasteiger partial charge in [-0.25, -0.2) is 0 Å². The number of rotatable bonds is 3. The minimum absolute atomic E-state index is 0.658. The molecule has 0 saturated carbocycles. The molecule has 2 rings (SSSR count). The highest BCUT2D eigenvalue weighted by molar-refractivity contribution is 9.11. The lowest BCUT2D eigenvalue weighted by Crippen LogP contribution is -2.01. The van der Waals surface area contributed by atoms with Crippen molar-refractivity contribution in [1.82, 2.24) is 0 Å². The third kappa shape index (κ3) is 4.21. The number of halogens is 5. The Balaban J connectivity index is 2.19. The van der Waals surface area contributed by atoms with Crippen molar-refractivity contribution in [3.8, 4) is 0 Å². The summed E-state index contributed by atoms with van der Waals surface area (Å²) in [5.41, 5.74) is 2.05. The molecule has 0 bridgehead atoms. The molecule has 100 valence electrons. The summed E-state index contributed by atoms with van der Waals surface area (Å²) in [5.74, 6) is 0. The predicted octanol–water partition coefficient (Wildman–Crippen LogP) is 7.00. The topological polar surface area (TPSA) is 12.0 Å². The van der Waals surface area contributed by atoms with E-state index in [0.29, 0.717) is 6.54 Å². The quantitative estimate of drug-likeness (QED) is 0.448. The first-order valence-corrected chi connectivity index (χ1v) is 8.84. The molecule has 2 aromatic rings. The normalized spacial score (nSPS) is 10.6. The molecule has 1 N–H and O–H groups in total. The zero-order valence-electron chi connectivity index (χ0n) is 9.48. The minimum Gasteiger partial charge on any atom is -0.379 e. The molecule has 0 aliphatic rings. The van der Waals surface area contributed by atoms with Gasteiger partial charge in [0.2, 0.25) is 0 Å². The Morgan fingerprint density at radius 3 is 2.11 bits per heavy atom. The van der Waals surface area contributed by atoms with Gasteiger partial charge in [-0.3, -0.25) is 0 Å². The van der Waals surface area contributed by atoms with Gasteiger partial charge in [0.1, 0.15) is 0 Å². The molecule has 0 aromatic heterocycles. The van der Waals surface area contributed by atoms with Gasteiger partial charge in [-0.05, 0) is 61.7 Å². The summed E-state index contributed by atoms with van der Waals surface area (Å²) in [5, 5.41) is 4.11. The Morgan fingerprint density at radius 2 is 1.53 bits per heavy atom. The summed E-state index contributed by atoms with van der Waals surface area (Å²) >= 11 is 20.1. The fraction of sp³-hybridized carbons (Fsp3) is 0.0769. The number of hydrogen-bond acceptors (Lipinski definition) is 1. The number of nitrogens with one attached hydrogen (secondary N) is 1. The highest BCUT2D eigenvalue weighted by Gasteiger charge is 2.08. The molecule has 19 heavy (non-hydrogen) atoms. The largest absolute Gasteiger partial charge is 0.379 e. The molecule has 0 amide bonds. The molecule has 0 saturated heterocycles. The molecule has 2 aromatic carbocycles. The van der Waals surface area contributed by atoms with E-state index in [9.17, 15) is 0 Å². The van der Waals surface area contributed by atoms with Gasteiger partial charge in [0.05, 0.1) is 5.69 Å². The fourth-order valence-corrected chi connectivity index (χ4v) is 4.84. The van der Waals surface area contributed by atoms with E-state index in [1.54, 1.807) is 0 Å². The molecular formula is C13H8Br4ClN. The van der Waals surface area contributed by atoms with Gasteiger partial charge in [-0.15, -0.1) is 0 Å². The van der Waals surface area contributed by atoms with Crippen LogP contribution in [0.5, 0.6) is 0 Å². The molecule has 0 radical (unpaired) electrons. The Kier molecular flexibility index (Phi) is 5.78. The van der Waals surface area contributed by atoms with Crippen molar-refractivity contribution < 1.29 is 0 Å². The van der Waals surface area contributed by atoms with Crippen molar-refractivity contribution in [3.63, 3.8) is 0 Å². The van der Waals surface area contributed by atoms with Gasteiger partial charge < -0.3 is 5.32 Å². The third-order valence-electron chi connectivity index (χ3n) is 2.48. The van der Waals surface area contributed by atoms with Crippen molar-refractivity contribution in [2.45, 2.75) is 6.54 Å². The van der Waals surface area contributed by atoms with E-state index in [4.69, 9.17) is 11.6 Å². The van der Waals surface area contributed by atoms with Crippen molar-refractivity contribution in [2.75, 3.05) is 5.32 Å². The van der Waals surface area contributed by atoms with Crippen LogP contribution in [0.3, 0.4) is 0 Å². The van der Waals surface area contributed by atoms with Crippen molar-refractivity contribution >= 4 is 81.0 Å². The van der Waals surface area contributed by atoms with Gasteiger partial charge in [-0.1, -0.05) is 49.5 Å². The lowest BCUT2D eigenvalue weighted by atomic mass is 10.2. The molecule has 0 aliphatic heterocycles. The molecule has 0 spiro atoms. The van der Waals surface area contributed by atoms with Crippen LogP contribution in [0.25, 0.3) is 0 Å². The molecule has 0 atom stereocenters. The minimum atomic E-state index is 0.658. The van der Waals surface area contributed by atoms with E-state index in [1.165, 1.54) is 0 Å². The van der Waals surface area contributed by atoms with Gasteiger partial charge in [0, 0.05) is 29.5 Å². The standard InChI is InChI=1S/C13H8Br4ClN/c14-8-2-1-7(12(18)5-8)6-19-13-10(16)3-9(15)4-11(13)17/h1-5,19H,6H2. The zero-order chi connectivity index (χ0) is 14.0. The molecule has 6 heteroatoms. The van der Waals surface area contributed by atoms with E-state index in [1.807, 2.05) is 30.3 Å². The summed E-state index contributed by atoms with van der Waals surface area (Å²) in [4.78, 5) is 0. The SMILES string of the molecule is Clc1cc(Br)ccc1CNc1c(Br)cc(Br)cc1Br. The zero-order valence-corrected chi connectivity index (χ0v) is 16.6. The Hall–Kier alpha value is 0.450. The number of hydrogen-bond donors (Lipinski definition) is 1. The average molecular weight is 533 g/mol. The maximum Gasteiger partial charge on any atom is 0.0632 e. The average Bonchev–Trinajstić information content (AvgIpc) is 2.30. The third-order valence-corrected chi connectivity index (χ3v) is 5.03. The lowest BCUT2D eigenvalue weighted by Gasteiger charge is -2.12. The van der Waals surface area contributed by atoms with Crippen molar-refractivity contribution in [3.05, 3.63) is 58.8 Å². The second-order valence-electron chi connectivity index (χ2n) is 3.83. The van der Waals surface area contributed by atoms with E-state index in [-0.39, 0.29) is 0 Å². The van der Waals surface area contributed by atoms with Crippen LogP contribution < -0.4 is 5.32 Å². The Labute approximate surface area is 150 Å². The van der Waals surface area contributed by atoms with Crippen LogP contribution >= 0.6 is 75.3 Å². The van der Waals surface area contributed by atoms with Crippen LogP contribution in [0.2, 0.25) is 5.02 Å². The maximum atomic E-state index is 6.20. The molecular weight excluding hydrogens is 525 g/mol. The van der Waals surface area contributed by atoms with Crippen LogP contribution in [0.15, 0.2) is 48.2 Å². The molecule has 1 nitrogen and oxygen atoms in total. The number of benzene rings is 2. The second kappa shape index (κ2) is 6.94. The predicted molar refractivity (Wildman–Crippen MR) is 96.0 cm³/mol. The lowest BCUT2D eigenvalue weighted by molar-refractivity contribution is 1.14. The summed E-state index contributed by atoms with van der Waals surface area (Å²) in [6, 6.07) is 9.87. The number of anilines is 1. The summed E-state index contributed by atoms with van der Waals surface area (Å²) < 4.78 is 3.97. The Morgan fingerprint density at radius 1 is 0.895 bits per heavy atom.